The fourth-order valence-electron chi connectivity index (χ4n) is 3.16. The Labute approximate surface area is 162 Å². The summed E-state index contributed by atoms with van der Waals surface area (Å²) in [4.78, 5) is 9.11. The summed E-state index contributed by atoms with van der Waals surface area (Å²) in [6.45, 7) is 2.50. The number of nitrogens with one attached hydrogen (secondary N) is 2. The lowest BCUT2D eigenvalue weighted by molar-refractivity contribution is 0.356. The lowest BCUT2D eigenvalue weighted by atomic mass is 10.1. The molecule has 2 aromatic carbocycles. The van der Waals surface area contributed by atoms with Gasteiger partial charge in [-0.2, -0.15) is 5.10 Å². The first-order valence-corrected chi connectivity index (χ1v) is 8.91. The van der Waals surface area contributed by atoms with Gasteiger partial charge in [-0.05, 0) is 36.2 Å². The molecule has 0 spiro atoms. The highest BCUT2D eigenvalue weighted by Gasteiger charge is 2.12. The number of ether oxygens (including phenoxy) is 2. The van der Waals surface area contributed by atoms with Gasteiger partial charge in [0.2, 0.25) is 0 Å². The molecule has 0 amide bonds. The first-order chi connectivity index (χ1) is 13.7. The van der Waals surface area contributed by atoms with Crippen LogP contribution < -0.4 is 14.8 Å². The molecule has 0 saturated heterocycles. The number of benzene rings is 2. The molecule has 2 N–H and O–H groups in total. The summed E-state index contributed by atoms with van der Waals surface area (Å²) in [5, 5.41) is 11.3. The van der Waals surface area contributed by atoms with Crippen molar-refractivity contribution in [2.75, 3.05) is 19.5 Å². The molecule has 7 heteroatoms. The average Bonchev–Trinajstić information content (AvgIpc) is 3.26. The van der Waals surface area contributed by atoms with E-state index in [0.717, 1.165) is 33.5 Å². The Morgan fingerprint density at radius 3 is 2.57 bits per heavy atom. The minimum atomic E-state index is 0.627. The van der Waals surface area contributed by atoms with Gasteiger partial charge in [0.25, 0.3) is 0 Å². The molecule has 2 aromatic heterocycles. The van der Waals surface area contributed by atoms with Gasteiger partial charge in [0.05, 0.1) is 25.4 Å². The van der Waals surface area contributed by atoms with E-state index in [4.69, 9.17) is 9.47 Å². The molecule has 0 aliphatic heterocycles. The second-order valence-electron chi connectivity index (χ2n) is 6.37. The molecule has 4 rings (SSSR count). The fraction of sp³-hybridized carbons (Fsp3) is 0.190. The lowest BCUT2D eigenvalue weighted by Crippen LogP contribution is -2.05. The number of hydrogen-bond acceptors (Lipinski definition) is 6. The first kappa shape index (κ1) is 17.8. The molecule has 0 aliphatic carbocycles. The van der Waals surface area contributed by atoms with Gasteiger partial charge in [-0.25, -0.2) is 9.97 Å². The maximum Gasteiger partial charge on any atom is 0.162 e. The predicted molar refractivity (Wildman–Crippen MR) is 109 cm³/mol. The fourth-order valence-corrected chi connectivity index (χ4v) is 3.16. The highest BCUT2D eigenvalue weighted by molar-refractivity contribution is 5.91. The number of anilines is 1. The van der Waals surface area contributed by atoms with E-state index in [-0.39, 0.29) is 0 Å². The molecule has 28 heavy (non-hydrogen) atoms. The van der Waals surface area contributed by atoms with Crippen molar-refractivity contribution in [3.8, 4) is 22.8 Å². The third kappa shape index (κ3) is 3.46. The number of rotatable bonds is 6. The van der Waals surface area contributed by atoms with E-state index in [1.165, 1.54) is 0 Å². The number of aryl methyl sites for hydroxylation is 1. The largest absolute Gasteiger partial charge is 0.493 e. The van der Waals surface area contributed by atoms with Crippen LogP contribution in [0.1, 0.15) is 11.4 Å². The second-order valence-corrected chi connectivity index (χ2v) is 6.37. The van der Waals surface area contributed by atoms with E-state index in [1.54, 1.807) is 20.4 Å². The standard InChI is InChI=1S/C21H21N5O2/c1-13-24-18-11-20(28-3)19(27-2)10-16(18)21(25-13)22-12-14-5-4-6-15(9-14)17-7-8-23-26-17/h4-11H,12H2,1-3H3,(H,23,26)(H,22,24,25). The van der Waals surface area contributed by atoms with Gasteiger partial charge in [-0.15, -0.1) is 0 Å². The van der Waals surface area contributed by atoms with Crippen molar-refractivity contribution < 1.29 is 9.47 Å². The zero-order valence-corrected chi connectivity index (χ0v) is 16.0. The summed E-state index contributed by atoms with van der Waals surface area (Å²) in [6, 6.07) is 14.0. The van der Waals surface area contributed by atoms with E-state index >= 15 is 0 Å². The van der Waals surface area contributed by atoms with E-state index in [0.29, 0.717) is 23.9 Å². The second kappa shape index (κ2) is 7.56. The number of fused-ring (bicyclic) bond motifs is 1. The third-order valence-electron chi connectivity index (χ3n) is 4.51. The van der Waals surface area contributed by atoms with Crippen LogP contribution in [0.3, 0.4) is 0 Å². The predicted octanol–water partition coefficient (Wildman–Crippen LogP) is 3.96. The maximum atomic E-state index is 5.43. The number of H-pyrrole nitrogens is 1. The van der Waals surface area contributed by atoms with Gasteiger partial charge in [0, 0.05) is 24.2 Å². The van der Waals surface area contributed by atoms with Crippen LogP contribution in [-0.2, 0) is 6.54 Å². The van der Waals surface area contributed by atoms with Crippen LogP contribution in [0.15, 0.2) is 48.7 Å². The highest BCUT2D eigenvalue weighted by Crippen LogP contribution is 2.34. The Morgan fingerprint density at radius 1 is 1.00 bits per heavy atom. The van der Waals surface area contributed by atoms with Crippen molar-refractivity contribution in [1.82, 2.24) is 20.2 Å². The number of methoxy groups -OCH3 is 2. The van der Waals surface area contributed by atoms with Crippen molar-refractivity contribution in [3.05, 3.63) is 60.0 Å². The van der Waals surface area contributed by atoms with Crippen LogP contribution in [0.5, 0.6) is 11.5 Å². The Balaban J connectivity index is 1.65. The molecule has 142 valence electrons. The van der Waals surface area contributed by atoms with Crippen LogP contribution in [0, 0.1) is 6.92 Å². The molecule has 0 bridgehead atoms. The van der Waals surface area contributed by atoms with Crippen LogP contribution >= 0.6 is 0 Å². The normalized spacial score (nSPS) is 10.8. The van der Waals surface area contributed by atoms with Crippen LogP contribution in [0.4, 0.5) is 5.82 Å². The van der Waals surface area contributed by atoms with Crippen LogP contribution in [0.2, 0.25) is 0 Å². The monoisotopic (exact) mass is 375 g/mol. The summed E-state index contributed by atoms with van der Waals surface area (Å²) in [7, 11) is 3.23. The lowest BCUT2D eigenvalue weighted by Gasteiger charge is -2.13. The first-order valence-electron chi connectivity index (χ1n) is 8.91. The molecule has 0 atom stereocenters. The number of aromatic amines is 1. The topological polar surface area (TPSA) is 85.0 Å². The van der Waals surface area contributed by atoms with Crippen molar-refractivity contribution >= 4 is 16.7 Å². The molecule has 0 fully saturated rings. The SMILES string of the molecule is COc1cc2nc(C)nc(NCc3cccc(-c4ccn[nH]4)c3)c2cc1OC. The van der Waals surface area contributed by atoms with Gasteiger partial charge >= 0.3 is 0 Å². The average molecular weight is 375 g/mol. The quantitative estimate of drug-likeness (QED) is 0.531. The Bertz CT molecular complexity index is 1110. The zero-order valence-electron chi connectivity index (χ0n) is 16.0. The summed E-state index contributed by atoms with van der Waals surface area (Å²) in [5.41, 5.74) is 4.02. The molecule has 7 nitrogen and oxygen atoms in total. The molecule has 0 unspecified atom stereocenters. The van der Waals surface area contributed by atoms with Crippen molar-refractivity contribution in [2.45, 2.75) is 13.5 Å². The molecule has 0 saturated carbocycles. The number of nitrogens with zero attached hydrogens (tertiary/aromatic N) is 3. The third-order valence-corrected chi connectivity index (χ3v) is 4.51. The van der Waals surface area contributed by atoms with Gasteiger partial charge in [0.15, 0.2) is 11.5 Å². The molecular weight excluding hydrogens is 354 g/mol. The van der Waals surface area contributed by atoms with E-state index in [9.17, 15) is 0 Å². The molecule has 4 aromatic rings. The summed E-state index contributed by atoms with van der Waals surface area (Å²) in [5.74, 6) is 2.74. The summed E-state index contributed by atoms with van der Waals surface area (Å²) >= 11 is 0. The van der Waals surface area contributed by atoms with E-state index < -0.39 is 0 Å². The summed E-state index contributed by atoms with van der Waals surface area (Å²) < 4.78 is 10.8. The minimum absolute atomic E-state index is 0.627. The smallest absolute Gasteiger partial charge is 0.162 e. The van der Waals surface area contributed by atoms with Gasteiger partial charge in [-0.1, -0.05) is 18.2 Å². The molecule has 2 heterocycles. The van der Waals surface area contributed by atoms with E-state index in [1.807, 2.05) is 31.2 Å². The highest BCUT2D eigenvalue weighted by atomic mass is 16.5. The molecule has 0 radical (unpaired) electrons. The Hall–Kier alpha value is -3.61. The van der Waals surface area contributed by atoms with Gasteiger partial charge < -0.3 is 14.8 Å². The van der Waals surface area contributed by atoms with Crippen LogP contribution in [-0.4, -0.2) is 34.4 Å². The Morgan fingerprint density at radius 2 is 1.82 bits per heavy atom. The van der Waals surface area contributed by atoms with Crippen molar-refractivity contribution in [1.29, 1.82) is 0 Å². The number of aromatic nitrogens is 4. The Kier molecular flexibility index (Phi) is 4.80. The molecular formula is C21H21N5O2. The zero-order chi connectivity index (χ0) is 19.5. The van der Waals surface area contributed by atoms with Crippen LogP contribution in [0.25, 0.3) is 22.2 Å². The molecule has 0 aliphatic rings. The van der Waals surface area contributed by atoms with Crippen molar-refractivity contribution in [2.24, 2.45) is 0 Å². The van der Waals surface area contributed by atoms with Gasteiger partial charge in [0.1, 0.15) is 11.6 Å². The van der Waals surface area contributed by atoms with Gasteiger partial charge in [-0.3, -0.25) is 5.10 Å². The number of hydrogen-bond donors (Lipinski definition) is 2. The van der Waals surface area contributed by atoms with E-state index in [2.05, 4.69) is 43.7 Å². The van der Waals surface area contributed by atoms with Crippen molar-refractivity contribution in [3.63, 3.8) is 0 Å². The minimum Gasteiger partial charge on any atom is -0.493 e. The maximum absolute atomic E-state index is 5.43. The summed E-state index contributed by atoms with van der Waals surface area (Å²) in [6.07, 6.45) is 1.75.